The first-order chi connectivity index (χ1) is 13.7. The second-order valence-electron chi connectivity index (χ2n) is 8.45. The normalized spacial score (nSPS) is 13.6. The van der Waals surface area contributed by atoms with Crippen LogP contribution in [0.4, 0.5) is 0 Å². The molecule has 150 valence electrons. The summed E-state index contributed by atoms with van der Waals surface area (Å²) in [6, 6.07) is 24.4. The second-order valence-corrected chi connectivity index (χ2v) is 8.45. The van der Waals surface area contributed by atoms with Gasteiger partial charge in [-0.2, -0.15) is 0 Å². The standard InChI is InChI=1S/C26H29NO2/c1-19(27-18-20-12-11-17-23(24(20)28)25(2,3)4)26(29,21-13-7-5-8-14-21)22-15-9-6-10-16-22/h5-19,28-29H,1-4H3/t19-/m0/s1. The van der Waals surface area contributed by atoms with Crippen LogP contribution in [0.1, 0.15) is 49.9 Å². The van der Waals surface area contributed by atoms with Crippen molar-refractivity contribution < 1.29 is 10.2 Å². The highest BCUT2D eigenvalue weighted by molar-refractivity contribution is 5.84. The first-order valence-corrected chi connectivity index (χ1v) is 9.93. The number of para-hydroxylation sites is 1. The molecule has 0 saturated heterocycles. The summed E-state index contributed by atoms with van der Waals surface area (Å²) < 4.78 is 0. The fourth-order valence-corrected chi connectivity index (χ4v) is 3.60. The molecule has 0 aliphatic rings. The highest BCUT2D eigenvalue weighted by Crippen LogP contribution is 2.35. The van der Waals surface area contributed by atoms with Crippen LogP contribution in [-0.4, -0.2) is 22.5 Å². The molecule has 0 unspecified atom stereocenters. The second kappa shape index (κ2) is 8.22. The highest BCUT2D eigenvalue weighted by atomic mass is 16.3. The van der Waals surface area contributed by atoms with Crippen LogP contribution >= 0.6 is 0 Å². The number of hydrogen-bond donors (Lipinski definition) is 2. The van der Waals surface area contributed by atoms with Crippen molar-refractivity contribution in [2.75, 3.05) is 0 Å². The van der Waals surface area contributed by atoms with E-state index in [1.807, 2.05) is 85.8 Å². The summed E-state index contributed by atoms with van der Waals surface area (Å²) in [4.78, 5) is 4.67. The Balaban J connectivity index is 2.02. The third-order valence-electron chi connectivity index (χ3n) is 5.34. The van der Waals surface area contributed by atoms with E-state index < -0.39 is 11.6 Å². The largest absolute Gasteiger partial charge is 0.507 e. The number of aliphatic imine (C=N–C) groups is 1. The van der Waals surface area contributed by atoms with Gasteiger partial charge in [-0.1, -0.05) is 93.6 Å². The van der Waals surface area contributed by atoms with Gasteiger partial charge in [-0.25, -0.2) is 0 Å². The van der Waals surface area contributed by atoms with Crippen LogP contribution in [0.25, 0.3) is 0 Å². The molecule has 0 fully saturated rings. The summed E-state index contributed by atoms with van der Waals surface area (Å²) in [5, 5.41) is 22.5. The van der Waals surface area contributed by atoms with Crippen LogP contribution in [0.5, 0.6) is 5.75 Å². The van der Waals surface area contributed by atoms with Gasteiger partial charge in [-0.05, 0) is 35.1 Å². The Hall–Kier alpha value is -2.91. The van der Waals surface area contributed by atoms with Gasteiger partial charge < -0.3 is 10.2 Å². The van der Waals surface area contributed by atoms with Crippen LogP contribution in [-0.2, 0) is 11.0 Å². The van der Waals surface area contributed by atoms with Crippen molar-refractivity contribution in [3.05, 3.63) is 101 Å². The molecule has 3 aromatic rings. The summed E-state index contributed by atoms with van der Waals surface area (Å²) in [5.41, 5.74) is 1.63. The predicted octanol–water partition coefficient (Wildman–Crippen LogP) is 5.43. The molecule has 3 heteroatoms. The van der Waals surface area contributed by atoms with Gasteiger partial charge in [0.25, 0.3) is 0 Å². The molecule has 2 N–H and O–H groups in total. The summed E-state index contributed by atoms with van der Waals surface area (Å²) in [6.45, 7) is 8.08. The van der Waals surface area contributed by atoms with Crippen LogP contribution in [0.3, 0.4) is 0 Å². The lowest BCUT2D eigenvalue weighted by molar-refractivity contribution is 0.0589. The van der Waals surface area contributed by atoms with Gasteiger partial charge >= 0.3 is 0 Å². The van der Waals surface area contributed by atoms with Crippen LogP contribution in [0.2, 0.25) is 0 Å². The van der Waals surface area contributed by atoms with E-state index in [4.69, 9.17) is 0 Å². The Labute approximate surface area is 173 Å². The van der Waals surface area contributed by atoms with E-state index >= 15 is 0 Å². The van der Waals surface area contributed by atoms with Crippen molar-refractivity contribution >= 4 is 6.21 Å². The Morgan fingerprint density at radius 2 is 1.31 bits per heavy atom. The first kappa shape index (κ1) is 20.8. The molecule has 0 spiro atoms. The number of benzene rings is 3. The van der Waals surface area contributed by atoms with Gasteiger partial charge in [-0.3, -0.25) is 4.99 Å². The quantitative estimate of drug-likeness (QED) is 0.573. The molecule has 0 heterocycles. The molecule has 0 bridgehead atoms. The number of hydrogen-bond acceptors (Lipinski definition) is 3. The van der Waals surface area contributed by atoms with Gasteiger partial charge in [0, 0.05) is 11.8 Å². The van der Waals surface area contributed by atoms with Crippen LogP contribution < -0.4 is 0 Å². The van der Waals surface area contributed by atoms with Gasteiger partial charge in [0.2, 0.25) is 0 Å². The van der Waals surface area contributed by atoms with Crippen molar-refractivity contribution in [1.29, 1.82) is 0 Å². The molecule has 3 aromatic carbocycles. The maximum atomic E-state index is 11.8. The lowest BCUT2D eigenvalue weighted by atomic mass is 9.81. The third kappa shape index (κ3) is 4.25. The zero-order valence-corrected chi connectivity index (χ0v) is 17.5. The summed E-state index contributed by atoms with van der Waals surface area (Å²) in [5.74, 6) is 0.235. The van der Waals surface area contributed by atoms with Crippen LogP contribution in [0.15, 0.2) is 83.9 Å². The van der Waals surface area contributed by atoms with Gasteiger partial charge in [-0.15, -0.1) is 0 Å². The minimum atomic E-state index is -1.28. The van der Waals surface area contributed by atoms with E-state index in [-0.39, 0.29) is 11.2 Å². The van der Waals surface area contributed by atoms with E-state index in [0.29, 0.717) is 5.56 Å². The molecule has 0 aromatic heterocycles. The summed E-state index contributed by atoms with van der Waals surface area (Å²) in [6.07, 6.45) is 1.66. The molecule has 0 amide bonds. The Kier molecular flexibility index (Phi) is 5.90. The average Bonchev–Trinajstić information content (AvgIpc) is 2.72. The van der Waals surface area contributed by atoms with E-state index in [9.17, 15) is 10.2 Å². The minimum Gasteiger partial charge on any atom is -0.507 e. The smallest absolute Gasteiger partial charge is 0.137 e. The monoisotopic (exact) mass is 387 g/mol. The van der Waals surface area contributed by atoms with E-state index in [2.05, 4.69) is 25.8 Å². The Morgan fingerprint density at radius 3 is 1.79 bits per heavy atom. The van der Waals surface area contributed by atoms with Crippen molar-refractivity contribution in [2.24, 2.45) is 4.99 Å². The molecule has 0 radical (unpaired) electrons. The molecule has 0 saturated carbocycles. The lowest BCUT2D eigenvalue weighted by Gasteiger charge is -2.33. The van der Waals surface area contributed by atoms with Crippen molar-refractivity contribution in [3.8, 4) is 5.75 Å². The molecule has 1 atom stereocenters. The Morgan fingerprint density at radius 1 is 0.793 bits per heavy atom. The zero-order chi connectivity index (χ0) is 21.1. The Bertz CT molecular complexity index is 933. The molecular weight excluding hydrogens is 358 g/mol. The molecular formula is C26H29NO2. The molecule has 0 aliphatic heterocycles. The topological polar surface area (TPSA) is 52.8 Å². The van der Waals surface area contributed by atoms with E-state index in [1.54, 1.807) is 6.21 Å². The SMILES string of the molecule is C[C@H](N=Cc1cccc(C(C)(C)C)c1O)C(O)(c1ccccc1)c1ccccc1. The predicted molar refractivity (Wildman–Crippen MR) is 120 cm³/mol. The zero-order valence-electron chi connectivity index (χ0n) is 17.5. The molecule has 3 rings (SSSR count). The first-order valence-electron chi connectivity index (χ1n) is 9.93. The number of nitrogens with zero attached hydrogens (tertiary/aromatic N) is 1. The number of rotatable bonds is 5. The third-order valence-corrected chi connectivity index (χ3v) is 5.34. The summed E-state index contributed by atoms with van der Waals surface area (Å²) >= 11 is 0. The molecule has 3 nitrogen and oxygen atoms in total. The van der Waals surface area contributed by atoms with Crippen molar-refractivity contribution in [1.82, 2.24) is 0 Å². The molecule has 29 heavy (non-hydrogen) atoms. The van der Waals surface area contributed by atoms with Crippen molar-refractivity contribution in [2.45, 2.75) is 44.8 Å². The number of aromatic hydroxyl groups is 1. The van der Waals surface area contributed by atoms with Crippen LogP contribution in [0, 0.1) is 0 Å². The van der Waals surface area contributed by atoms with Gasteiger partial charge in [0.05, 0.1) is 6.04 Å². The lowest BCUT2D eigenvalue weighted by Crippen LogP contribution is -2.38. The van der Waals surface area contributed by atoms with E-state index in [0.717, 1.165) is 16.7 Å². The maximum Gasteiger partial charge on any atom is 0.137 e. The fraction of sp³-hybridized carbons (Fsp3) is 0.269. The van der Waals surface area contributed by atoms with Crippen molar-refractivity contribution in [3.63, 3.8) is 0 Å². The molecule has 0 aliphatic carbocycles. The fourth-order valence-electron chi connectivity index (χ4n) is 3.60. The summed E-state index contributed by atoms with van der Waals surface area (Å²) in [7, 11) is 0. The number of aliphatic hydroxyl groups is 1. The number of phenolic OH excluding ortho intramolecular Hbond substituents is 1. The van der Waals surface area contributed by atoms with E-state index in [1.165, 1.54) is 0 Å². The minimum absolute atomic E-state index is 0.172. The van der Waals surface area contributed by atoms with Gasteiger partial charge in [0.1, 0.15) is 11.4 Å². The highest BCUT2D eigenvalue weighted by Gasteiger charge is 2.37. The van der Waals surface area contributed by atoms with Gasteiger partial charge in [0.15, 0.2) is 0 Å². The maximum absolute atomic E-state index is 11.8. The average molecular weight is 388 g/mol. The number of phenols is 1.